The van der Waals surface area contributed by atoms with Crippen LogP contribution >= 0.6 is 37.9 Å². The van der Waals surface area contributed by atoms with Crippen molar-refractivity contribution in [3.05, 3.63) is 71.3 Å². The van der Waals surface area contributed by atoms with E-state index < -0.39 is 0 Å². The van der Waals surface area contributed by atoms with Crippen LogP contribution in [0.15, 0.2) is 69.3 Å². The molecule has 0 fully saturated rings. The van der Waals surface area contributed by atoms with Gasteiger partial charge in [0, 0.05) is 20.2 Å². The average molecular weight is 429 g/mol. The Labute approximate surface area is 183 Å². The van der Waals surface area contributed by atoms with Crippen LogP contribution in [0.3, 0.4) is 0 Å². The van der Waals surface area contributed by atoms with Crippen LogP contribution in [-0.4, -0.2) is 5.11 Å². The highest BCUT2D eigenvalue weighted by Gasteiger charge is 2.10. The summed E-state index contributed by atoms with van der Waals surface area (Å²) in [6.45, 7) is 4.75. The van der Waals surface area contributed by atoms with E-state index in [2.05, 4.69) is 69.9 Å². The lowest BCUT2D eigenvalue weighted by Crippen LogP contribution is -1.98. The van der Waals surface area contributed by atoms with Crippen LogP contribution in [0.2, 0.25) is 0 Å². The molecule has 3 aromatic carbocycles. The van der Waals surface area contributed by atoms with Crippen LogP contribution in [0.5, 0.6) is 5.75 Å². The summed E-state index contributed by atoms with van der Waals surface area (Å²) < 4.78 is 5.92. The third kappa shape index (κ3) is 4.90. The van der Waals surface area contributed by atoms with Crippen molar-refractivity contribution >= 4 is 37.9 Å². The van der Waals surface area contributed by atoms with Gasteiger partial charge in [0.25, 0.3) is 0 Å². The van der Waals surface area contributed by atoms with Crippen LogP contribution in [0.4, 0.5) is 0 Å². The van der Waals surface area contributed by atoms with Crippen molar-refractivity contribution in [3.8, 4) is 16.9 Å². The maximum Gasteiger partial charge on any atom is 0.120 e. The first-order chi connectivity index (χ1) is 13.4. The molecule has 0 aliphatic carbocycles. The average Bonchev–Trinajstić information content (AvgIpc) is 2.67. The third-order valence-corrected chi connectivity index (χ3v) is 5.83. The van der Waals surface area contributed by atoms with E-state index in [9.17, 15) is 5.11 Å². The van der Waals surface area contributed by atoms with Crippen LogP contribution in [0.25, 0.3) is 11.1 Å². The largest absolute Gasteiger partial charge is 0.489 e. The lowest BCUT2D eigenvalue weighted by Gasteiger charge is -2.14. The van der Waals surface area contributed by atoms with Gasteiger partial charge in [-0.05, 0) is 58.5 Å². The molecule has 0 radical (unpaired) electrons. The number of hydrogen-bond donors (Lipinski definition) is 4. The zero-order valence-corrected chi connectivity index (χ0v) is 18.6. The number of benzene rings is 3. The molecule has 0 aromatic heterocycles. The maximum atomic E-state index is 9.19. The molecule has 0 spiro atoms. The van der Waals surface area contributed by atoms with Gasteiger partial charge in [-0.3, -0.25) is 0 Å². The topological polar surface area (TPSA) is 29.5 Å². The molecule has 0 saturated carbocycles. The van der Waals surface area contributed by atoms with Crippen molar-refractivity contribution in [1.82, 2.24) is 0 Å². The molecule has 146 valence electrons. The molecule has 1 N–H and O–H groups in total. The monoisotopic (exact) mass is 428 g/mol. The zero-order valence-electron chi connectivity index (χ0n) is 15.9. The Bertz CT molecular complexity index is 984. The van der Waals surface area contributed by atoms with Gasteiger partial charge in [0.05, 0.1) is 6.61 Å². The molecule has 3 rings (SSSR count). The summed E-state index contributed by atoms with van der Waals surface area (Å²) in [7, 11) is 0. The smallest absolute Gasteiger partial charge is 0.120 e. The van der Waals surface area contributed by atoms with E-state index in [1.54, 1.807) is 0 Å². The normalized spacial score (nSPS) is 11.1. The Morgan fingerprint density at radius 1 is 0.821 bits per heavy atom. The molecule has 0 aliphatic heterocycles. The van der Waals surface area contributed by atoms with E-state index in [1.807, 2.05) is 36.4 Å². The van der Waals surface area contributed by atoms with Gasteiger partial charge in [-0.25, -0.2) is 0 Å². The van der Waals surface area contributed by atoms with Crippen molar-refractivity contribution in [2.24, 2.45) is 0 Å². The van der Waals surface area contributed by atoms with Crippen LogP contribution in [-0.2, 0) is 13.2 Å². The minimum absolute atomic E-state index is 0.00442. The molecule has 5 heteroatoms. The molecular formula is C23H24O2S3. The fraction of sp³-hybridized carbons (Fsp3) is 0.217. The van der Waals surface area contributed by atoms with Crippen LogP contribution < -0.4 is 4.74 Å². The SMILES string of the molecule is CC(C)c1ccc(-c2ccc(OCc3ccc(CO)cc3S)cc2S)c(S)c1. The molecule has 0 bridgehead atoms. The van der Waals surface area contributed by atoms with E-state index in [4.69, 9.17) is 4.74 Å². The second-order valence-corrected chi connectivity index (χ2v) is 8.47. The quantitative estimate of drug-likeness (QED) is 0.342. The van der Waals surface area contributed by atoms with Crippen LogP contribution in [0.1, 0.15) is 36.5 Å². The van der Waals surface area contributed by atoms with E-state index >= 15 is 0 Å². The Morgan fingerprint density at radius 3 is 2.07 bits per heavy atom. The molecule has 28 heavy (non-hydrogen) atoms. The molecule has 0 unspecified atom stereocenters. The number of hydrogen-bond acceptors (Lipinski definition) is 5. The third-order valence-electron chi connectivity index (χ3n) is 4.67. The van der Waals surface area contributed by atoms with E-state index in [0.717, 1.165) is 42.7 Å². The van der Waals surface area contributed by atoms with Crippen molar-refractivity contribution in [2.45, 2.75) is 47.7 Å². The van der Waals surface area contributed by atoms with Crippen molar-refractivity contribution in [2.75, 3.05) is 0 Å². The van der Waals surface area contributed by atoms with Crippen molar-refractivity contribution in [1.29, 1.82) is 0 Å². The van der Waals surface area contributed by atoms with E-state index in [-0.39, 0.29) is 6.61 Å². The molecule has 0 atom stereocenters. The lowest BCUT2D eigenvalue weighted by atomic mass is 9.98. The molecule has 0 saturated heterocycles. The van der Waals surface area contributed by atoms with Gasteiger partial charge >= 0.3 is 0 Å². The van der Waals surface area contributed by atoms with Gasteiger partial charge in [-0.15, -0.1) is 37.9 Å². The summed E-state index contributed by atoms with van der Waals surface area (Å²) in [6, 6.07) is 17.9. The van der Waals surface area contributed by atoms with E-state index in [1.165, 1.54) is 5.56 Å². The zero-order chi connectivity index (χ0) is 20.3. The summed E-state index contributed by atoms with van der Waals surface area (Å²) >= 11 is 13.8. The van der Waals surface area contributed by atoms with Gasteiger partial charge in [0.1, 0.15) is 12.4 Å². The highest BCUT2D eigenvalue weighted by Crippen LogP contribution is 2.35. The van der Waals surface area contributed by atoms with Gasteiger partial charge in [0.15, 0.2) is 0 Å². The summed E-state index contributed by atoms with van der Waals surface area (Å²) in [5.41, 5.74) is 5.15. The number of aliphatic hydroxyl groups excluding tert-OH is 1. The second-order valence-electron chi connectivity index (χ2n) is 7.02. The highest BCUT2D eigenvalue weighted by atomic mass is 32.1. The van der Waals surface area contributed by atoms with Gasteiger partial charge in [0.2, 0.25) is 0 Å². The predicted molar refractivity (Wildman–Crippen MR) is 124 cm³/mol. The Hall–Kier alpha value is -1.53. The van der Waals surface area contributed by atoms with Gasteiger partial charge in [-0.2, -0.15) is 0 Å². The standard InChI is InChI=1S/C23H24O2S3/c1-14(2)16-5-7-19(22(27)10-16)20-8-6-18(11-23(20)28)25-13-17-4-3-15(12-24)9-21(17)26/h3-11,14,24,26-28H,12-13H2,1-2H3. The number of ether oxygens (including phenoxy) is 1. The molecule has 2 nitrogen and oxygen atoms in total. The number of rotatable bonds is 6. The van der Waals surface area contributed by atoms with Gasteiger partial charge < -0.3 is 9.84 Å². The first kappa shape index (κ1) is 21.2. The fourth-order valence-electron chi connectivity index (χ4n) is 2.96. The first-order valence-electron chi connectivity index (χ1n) is 9.09. The molecule has 0 heterocycles. The molecule has 0 amide bonds. The number of thiol groups is 3. The van der Waals surface area contributed by atoms with Crippen LogP contribution in [0, 0.1) is 0 Å². The van der Waals surface area contributed by atoms with Crippen molar-refractivity contribution < 1.29 is 9.84 Å². The Kier molecular flexibility index (Phi) is 7.05. The Morgan fingerprint density at radius 2 is 1.50 bits per heavy atom. The minimum atomic E-state index is 0.00442. The summed E-state index contributed by atoms with van der Waals surface area (Å²) in [5.74, 6) is 1.21. The molecule has 3 aromatic rings. The predicted octanol–water partition coefficient (Wildman–Crippen LogP) is 6.41. The summed E-state index contributed by atoms with van der Waals surface area (Å²) in [5, 5.41) is 9.19. The fourth-order valence-corrected chi connectivity index (χ4v) is 3.93. The minimum Gasteiger partial charge on any atom is -0.489 e. The Balaban J connectivity index is 1.77. The van der Waals surface area contributed by atoms with Crippen molar-refractivity contribution in [3.63, 3.8) is 0 Å². The van der Waals surface area contributed by atoms with Gasteiger partial charge in [-0.1, -0.05) is 38.1 Å². The molecular weight excluding hydrogens is 404 g/mol. The second kappa shape index (κ2) is 9.31. The maximum absolute atomic E-state index is 9.19. The number of aliphatic hydroxyl groups is 1. The highest BCUT2D eigenvalue weighted by molar-refractivity contribution is 7.81. The summed E-state index contributed by atoms with van der Waals surface area (Å²) in [4.78, 5) is 2.59. The van der Waals surface area contributed by atoms with E-state index in [0.29, 0.717) is 12.5 Å². The first-order valence-corrected chi connectivity index (χ1v) is 10.4. The molecule has 0 aliphatic rings. The lowest BCUT2D eigenvalue weighted by molar-refractivity contribution is 0.280. The summed E-state index contributed by atoms with van der Waals surface area (Å²) in [6.07, 6.45) is 0.